The highest BCUT2D eigenvalue weighted by atomic mass is 32.1. The molecule has 1 atom stereocenters. The molecule has 39 heavy (non-hydrogen) atoms. The second-order valence-electron chi connectivity index (χ2n) is 8.79. The molecule has 1 unspecified atom stereocenters. The predicted octanol–water partition coefficient (Wildman–Crippen LogP) is 4.65. The van der Waals surface area contributed by atoms with Gasteiger partial charge >= 0.3 is 18.1 Å². The van der Waals surface area contributed by atoms with Gasteiger partial charge in [-0.05, 0) is 45.4 Å². The molecule has 0 saturated heterocycles. The normalized spacial score (nSPS) is 12.2. The summed E-state index contributed by atoms with van der Waals surface area (Å²) in [7, 11) is 0. The average molecular weight is 566 g/mol. The van der Waals surface area contributed by atoms with Gasteiger partial charge in [0.25, 0.3) is 5.91 Å². The fraction of sp³-hybridized carbons (Fsp3) is 0.346. The Labute approximate surface area is 226 Å². The third-order valence-electron chi connectivity index (χ3n) is 5.16. The number of pyridine rings is 1. The number of benzene rings is 1. The molecule has 1 aromatic carbocycles. The van der Waals surface area contributed by atoms with Crippen LogP contribution in [0.3, 0.4) is 0 Å². The van der Waals surface area contributed by atoms with E-state index in [-0.39, 0.29) is 18.9 Å². The number of rotatable bonds is 9. The summed E-state index contributed by atoms with van der Waals surface area (Å²) in [6.45, 7) is 7.02. The van der Waals surface area contributed by atoms with Crippen LogP contribution < -0.4 is 5.32 Å². The zero-order chi connectivity index (χ0) is 28.7. The molecule has 3 aromatic rings. The average Bonchev–Trinajstić information content (AvgIpc) is 3.26. The quantitative estimate of drug-likeness (QED) is 0.294. The number of alkyl halides is 3. The molecule has 0 radical (unpaired) electrons. The summed E-state index contributed by atoms with van der Waals surface area (Å²) in [5.41, 5.74) is 3.60. The van der Waals surface area contributed by atoms with E-state index in [0.29, 0.717) is 21.8 Å². The van der Waals surface area contributed by atoms with Crippen molar-refractivity contribution in [2.24, 2.45) is 0 Å². The van der Waals surface area contributed by atoms with Gasteiger partial charge in [-0.2, -0.15) is 13.2 Å². The first-order chi connectivity index (χ1) is 18.3. The summed E-state index contributed by atoms with van der Waals surface area (Å²) in [6, 6.07) is 11.0. The summed E-state index contributed by atoms with van der Waals surface area (Å²) in [4.78, 5) is 52.8. The van der Waals surface area contributed by atoms with Crippen LogP contribution in [0.2, 0.25) is 0 Å². The maximum Gasteiger partial charge on any atom is 0.495 e. The lowest BCUT2D eigenvalue weighted by atomic mass is 10.1. The number of nitrogens with one attached hydrogen (secondary N) is 1. The van der Waals surface area contributed by atoms with E-state index in [9.17, 15) is 27.6 Å². The second-order valence-corrected chi connectivity index (χ2v) is 9.79. The van der Waals surface area contributed by atoms with Gasteiger partial charge in [0.05, 0.1) is 24.0 Å². The van der Waals surface area contributed by atoms with Gasteiger partial charge in [-0.25, -0.2) is 24.3 Å². The van der Waals surface area contributed by atoms with Crippen molar-refractivity contribution in [1.82, 2.24) is 15.3 Å². The van der Waals surface area contributed by atoms with Crippen LogP contribution in [0.4, 0.5) is 13.2 Å². The minimum absolute atomic E-state index is 0.0627. The van der Waals surface area contributed by atoms with Crippen LogP contribution in [0, 0.1) is 13.8 Å². The predicted molar refractivity (Wildman–Crippen MR) is 134 cm³/mol. The molecule has 2 aromatic heterocycles. The summed E-state index contributed by atoms with van der Waals surface area (Å²) in [6.07, 6.45) is -5.84. The van der Waals surface area contributed by atoms with Crippen LogP contribution in [0.25, 0.3) is 10.6 Å². The number of halogens is 3. The highest BCUT2D eigenvalue weighted by Gasteiger charge is 2.43. The van der Waals surface area contributed by atoms with E-state index in [1.165, 1.54) is 17.5 Å². The van der Waals surface area contributed by atoms with Gasteiger partial charge in [-0.15, -0.1) is 11.3 Å². The summed E-state index contributed by atoms with van der Waals surface area (Å²) < 4.78 is 42.4. The molecule has 1 N–H and O–H groups in total. The largest absolute Gasteiger partial charge is 0.495 e. The van der Waals surface area contributed by atoms with E-state index in [2.05, 4.69) is 25.1 Å². The number of aryl methyl sites for hydroxylation is 2. The van der Waals surface area contributed by atoms with Crippen LogP contribution in [-0.2, 0) is 37.1 Å². The Balaban J connectivity index is 1.64. The Morgan fingerprint density at radius 2 is 1.74 bits per heavy atom. The number of amides is 1. The number of hydrogen-bond donors (Lipinski definition) is 1. The molecule has 0 aliphatic heterocycles. The van der Waals surface area contributed by atoms with Crippen molar-refractivity contribution in [3.63, 3.8) is 0 Å². The van der Waals surface area contributed by atoms with Crippen molar-refractivity contribution in [1.29, 1.82) is 0 Å². The lowest BCUT2D eigenvalue weighted by Gasteiger charge is -2.18. The zero-order valence-electron chi connectivity index (χ0n) is 21.5. The fourth-order valence-corrected chi connectivity index (χ4v) is 4.33. The van der Waals surface area contributed by atoms with E-state index in [1.807, 2.05) is 31.2 Å². The van der Waals surface area contributed by atoms with Gasteiger partial charge in [0, 0.05) is 18.2 Å². The molecule has 0 fully saturated rings. The fourth-order valence-electron chi connectivity index (χ4n) is 3.34. The molecule has 0 aliphatic rings. The molecule has 1 amide bonds. The Bertz CT molecular complexity index is 1330. The van der Waals surface area contributed by atoms with Gasteiger partial charge in [-0.3, -0.25) is 9.78 Å². The topological polar surface area (TPSA) is 117 Å². The smallest absolute Gasteiger partial charge is 0.363 e. The van der Waals surface area contributed by atoms with Crippen molar-refractivity contribution in [3.8, 4) is 10.6 Å². The van der Waals surface area contributed by atoms with Gasteiger partial charge < -0.3 is 10.1 Å². The van der Waals surface area contributed by atoms with Gasteiger partial charge in [0.2, 0.25) is 0 Å². The van der Waals surface area contributed by atoms with Crippen LogP contribution >= 0.6 is 11.3 Å². The minimum atomic E-state index is -5.32. The van der Waals surface area contributed by atoms with E-state index in [0.717, 1.165) is 16.1 Å². The molecule has 208 valence electrons. The standard InChI is InChI=1S/C26H26F3N3O6S/c1-14(2)36-20(24(34)37-38-25(35)26(27,28)29)12-17-9-10-30-19(11-17)13-31-22(33)21-16(4)32-23(39-21)18-7-5-15(3)6-8-18/h5-11,14,20H,12-13H2,1-4H3,(H,31,33). The third-order valence-corrected chi connectivity index (χ3v) is 6.37. The van der Waals surface area contributed by atoms with Crippen molar-refractivity contribution < 1.29 is 42.1 Å². The number of carbonyl (C=O) groups excluding carboxylic acids is 3. The van der Waals surface area contributed by atoms with E-state index in [1.54, 1.807) is 32.9 Å². The number of thiazole rings is 1. The molecule has 0 saturated carbocycles. The summed E-state index contributed by atoms with van der Waals surface area (Å²) in [5.74, 6) is -4.30. The molecule has 3 rings (SSSR count). The minimum Gasteiger partial charge on any atom is -0.363 e. The Morgan fingerprint density at radius 3 is 2.38 bits per heavy atom. The Morgan fingerprint density at radius 1 is 1.05 bits per heavy atom. The van der Waals surface area contributed by atoms with Crippen LogP contribution in [0.15, 0.2) is 42.6 Å². The Kier molecular flexibility index (Phi) is 9.76. The monoisotopic (exact) mass is 565 g/mol. The molecule has 2 heterocycles. The van der Waals surface area contributed by atoms with Crippen LogP contribution in [0.5, 0.6) is 0 Å². The molecule has 0 bridgehead atoms. The molecular weight excluding hydrogens is 539 g/mol. The highest BCUT2D eigenvalue weighted by molar-refractivity contribution is 7.17. The van der Waals surface area contributed by atoms with Crippen molar-refractivity contribution in [3.05, 3.63) is 70.0 Å². The van der Waals surface area contributed by atoms with Gasteiger partial charge in [-0.1, -0.05) is 29.8 Å². The molecule has 9 nitrogen and oxygen atoms in total. The van der Waals surface area contributed by atoms with Gasteiger partial charge in [0.15, 0.2) is 6.10 Å². The maximum absolute atomic E-state index is 12.8. The van der Waals surface area contributed by atoms with Crippen molar-refractivity contribution >= 4 is 29.2 Å². The number of aromatic nitrogens is 2. The number of ether oxygens (including phenoxy) is 1. The van der Waals surface area contributed by atoms with E-state index < -0.39 is 30.3 Å². The highest BCUT2D eigenvalue weighted by Crippen LogP contribution is 2.28. The first kappa shape index (κ1) is 29.7. The number of carbonyl (C=O) groups is 3. The second kappa shape index (κ2) is 12.8. The number of hydrogen-bond acceptors (Lipinski definition) is 9. The van der Waals surface area contributed by atoms with Gasteiger partial charge in [0.1, 0.15) is 9.88 Å². The number of nitrogens with zero attached hydrogens (tertiary/aromatic N) is 2. The van der Waals surface area contributed by atoms with Crippen LogP contribution in [-0.4, -0.2) is 46.2 Å². The molecular formula is C26H26F3N3O6S. The van der Waals surface area contributed by atoms with E-state index in [4.69, 9.17) is 4.74 Å². The summed E-state index contributed by atoms with van der Waals surface area (Å²) in [5, 5.41) is 3.52. The summed E-state index contributed by atoms with van der Waals surface area (Å²) >= 11 is 1.27. The first-order valence-corrected chi connectivity index (χ1v) is 12.6. The van der Waals surface area contributed by atoms with Crippen LogP contribution in [0.1, 0.15) is 46.0 Å². The third kappa shape index (κ3) is 8.58. The van der Waals surface area contributed by atoms with Crippen molar-refractivity contribution in [2.45, 2.75) is 59.0 Å². The molecule has 0 aliphatic carbocycles. The SMILES string of the molecule is Cc1ccc(-c2nc(C)c(C(=O)NCc3cc(CC(OC(C)C)C(=O)OOC(=O)C(F)(F)F)ccn3)s2)cc1. The maximum atomic E-state index is 12.8. The first-order valence-electron chi connectivity index (χ1n) is 11.7. The zero-order valence-corrected chi connectivity index (χ0v) is 22.3. The van der Waals surface area contributed by atoms with E-state index >= 15 is 0 Å². The lowest BCUT2D eigenvalue weighted by molar-refractivity contribution is -0.290. The van der Waals surface area contributed by atoms with Crippen molar-refractivity contribution in [2.75, 3.05) is 0 Å². The molecule has 13 heteroatoms. The lowest BCUT2D eigenvalue weighted by Crippen LogP contribution is -2.34. The molecule has 0 spiro atoms. The Hall–Kier alpha value is -3.84.